The number of ketones is 1. The molecule has 0 saturated carbocycles. The number of carbonyl (C=O) groups excluding carboxylic acids is 7. The van der Waals surface area contributed by atoms with Crippen molar-refractivity contribution in [2.24, 2.45) is 34.8 Å². The smallest absolute Gasteiger partial charge is 0.304 e. The van der Waals surface area contributed by atoms with Crippen LogP contribution in [0.25, 0.3) is 0 Å². The van der Waals surface area contributed by atoms with Gasteiger partial charge in [-0.2, -0.15) is 0 Å². The van der Waals surface area contributed by atoms with Gasteiger partial charge in [0.1, 0.15) is 24.2 Å². The number of aromatic nitrogens is 3. The number of unbranched alkanes of at least 4 members (excludes halogenated alkanes) is 1. The fourth-order valence-corrected chi connectivity index (χ4v) is 7.10. The number of rotatable bonds is 14. The predicted octanol–water partition coefficient (Wildman–Crippen LogP) is -1.81. The standard InChI is InChI=1S/C42H64N14O9/c1-23(2)15-32-41(64)51-31(8-3-4-9-34(44)45)40(63)49-21-28(57)18-26(19-36(58)59)38(61)52-33(16-24-10-12-25(13-11-24)17-35(46)47)42(65)50-30(37(48)60)7-5-6-14-56-22-27(54-55-56)20-29(43)39(62)53-32/h10-13,22-23,26,29-33H,3-9,14-21,43H2,1-2H3,(H3,44,45)(H3,46,47)(H2,48,60)(H,49,63)(H,50,65)(H,51,64)(H,52,61)(H,53,62)(H,58,59)/t26-,29-,30-,31-,32-,33-/m1/s1. The number of nitrogens with one attached hydrogen (secondary N) is 7. The van der Waals surface area contributed by atoms with Gasteiger partial charge in [0.2, 0.25) is 35.4 Å². The molecule has 23 nitrogen and oxygen atoms in total. The van der Waals surface area contributed by atoms with Crippen LogP contribution in [0.2, 0.25) is 0 Å². The molecule has 1 aliphatic rings. The summed E-state index contributed by atoms with van der Waals surface area (Å²) in [7, 11) is 0. The Balaban J connectivity index is 1.97. The molecule has 65 heavy (non-hydrogen) atoms. The summed E-state index contributed by atoms with van der Waals surface area (Å²) in [6, 6.07) is 0.642. The second-order valence-corrected chi connectivity index (χ2v) is 16.8. The van der Waals surface area contributed by atoms with Crippen molar-refractivity contribution in [2.45, 2.75) is 134 Å². The van der Waals surface area contributed by atoms with Gasteiger partial charge in [0.15, 0.2) is 5.78 Å². The maximum atomic E-state index is 13.9. The van der Waals surface area contributed by atoms with E-state index < -0.39 is 103 Å². The summed E-state index contributed by atoms with van der Waals surface area (Å²) in [5, 5.41) is 46.0. The van der Waals surface area contributed by atoms with Crippen LogP contribution in [-0.4, -0.2) is 116 Å². The van der Waals surface area contributed by atoms with Gasteiger partial charge in [-0.05, 0) is 55.6 Å². The van der Waals surface area contributed by atoms with Crippen LogP contribution in [0.5, 0.6) is 0 Å². The van der Waals surface area contributed by atoms with Crippen LogP contribution in [-0.2, 0) is 64.2 Å². The summed E-state index contributed by atoms with van der Waals surface area (Å²) in [5.41, 5.74) is 24.6. The first-order chi connectivity index (χ1) is 30.7. The minimum absolute atomic E-state index is 0.0274. The molecule has 1 aliphatic heterocycles. The SMILES string of the molecule is CC(C)C[C@H]1NC(=O)[C@H](N)Cc2cn(nn2)CCCC[C@H](C(N)=O)NC(=O)[C@@H](Cc2ccc(CC(=N)N)cc2)NC(=O)[C@@H](CC(=O)O)CC(=O)CNC(=O)[C@@H](CCCCC(=N)N)NC1=O. The largest absolute Gasteiger partial charge is 0.481 e. The minimum Gasteiger partial charge on any atom is -0.481 e. The average Bonchev–Trinajstić information content (AvgIpc) is 3.67. The zero-order chi connectivity index (χ0) is 48.2. The van der Waals surface area contributed by atoms with E-state index in [0.717, 1.165) is 0 Å². The maximum absolute atomic E-state index is 13.9. The second kappa shape index (κ2) is 26.1. The second-order valence-electron chi connectivity index (χ2n) is 16.8. The Labute approximate surface area is 376 Å². The molecule has 0 unspecified atom stereocenters. The maximum Gasteiger partial charge on any atom is 0.304 e. The number of hydrogen-bond acceptors (Lipinski definition) is 13. The van der Waals surface area contributed by atoms with E-state index in [1.54, 1.807) is 30.5 Å². The summed E-state index contributed by atoms with van der Waals surface area (Å²) in [4.78, 5) is 106. The van der Waals surface area contributed by atoms with Gasteiger partial charge >= 0.3 is 5.97 Å². The molecule has 3 rings (SSSR count). The van der Waals surface area contributed by atoms with Gasteiger partial charge in [0, 0.05) is 44.8 Å². The molecule has 1 aromatic heterocycles. The highest BCUT2D eigenvalue weighted by Gasteiger charge is 2.33. The molecule has 0 radical (unpaired) electrons. The number of nitrogens with two attached hydrogens (primary N) is 4. The monoisotopic (exact) mass is 908 g/mol. The van der Waals surface area contributed by atoms with E-state index in [-0.39, 0.29) is 62.5 Å². The third-order valence-electron chi connectivity index (χ3n) is 10.5. The first-order valence-electron chi connectivity index (χ1n) is 21.6. The number of carboxylic acids is 1. The summed E-state index contributed by atoms with van der Waals surface area (Å²) >= 11 is 0. The lowest BCUT2D eigenvalue weighted by Gasteiger charge is -2.25. The van der Waals surface area contributed by atoms with Gasteiger partial charge in [-0.25, -0.2) is 0 Å². The molecule has 0 fully saturated rings. The summed E-state index contributed by atoms with van der Waals surface area (Å²) in [6.07, 6.45) is 2.24. The van der Waals surface area contributed by atoms with E-state index in [4.69, 9.17) is 33.8 Å². The minimum atomic E-state index is -1.51. The summed E-state index contributed by atoms with van der Waals surface area (Å²) < 4.78 is 1.52. The Morgan fingerprint density at radius 1 is 0.815 bits per heavy atom. The number of carbonyl (C=O) groups is 8. The van der Waals surface area contributed by atoms with Crippen molar-refractivity contribution in [3.05, 3.63) is 47.3 Å². The van der Waals surface area contributed by atoms with E-state index in [0.29, 0.717) is 49.0 Å². The van der Waals surface area contributed by atoms with Crippen LogP contribution >= 0.6 is 0 Å². The van der Waals surface area contributed by atoms with Crippen molar-refractivity contribution in [3.8, 4) is 0 Å². The Morgan fingerprint density at radius 3 is 2.09 bits per heavy atom. The zero-order valence-corrected chi connectivity index (χ0v) is 36.9. The zero-order valence-electron chi connectivity index (χ0n) is 36.9. The Hall–Kier alpha value is -6.78. The van der Waals surface area contributed by atoms with Gasteiger partial charge < -0.3 is 54.6 Å². The number of nitrogens with zero attached hydrogens (tertiary/aromatic N) is 3. The normalized spacial score (nSPS) is 22.6. The number of fused-ring (bicyclic) bond motifs is 2. The first kappa shape index (κ1) is 52.6. The van der Waals surface area contributed by atoms with Crippen LogP contribution in [0.4, 0.5) is 0 Å². The van der Waals surface area contributed by atoms with Gasteiger partial charge in [-0.3, -0.25) is 53.9 Å². The lowest BCUT2D eigenvalue weighted by molar-refractivity contribution is -0.142. The number of amides is 6. The van der Waals surface area contributed by atoms with Crippen LogP contribution in [0, 0.1) is 22.7 Å². The van der Waals surface area contributed by atoms with Crippen LogP contribution in [0.1, 0.15) is 94.9 Å². The van der Waals surface area contributed by atoms with Crippen molar-refractivity contribution in [1.29, 1.82) is 10.8 Å². The molecule has 6 amide bonds. The molecule has 0 spiro atoms. The molecule has 2 heterocycles. The number of aryl methyl sites for hydroxylation is 1. The van der Waals surface area contributed by atoms with Crippen LogP contribution < -0.4 is 49.5 Å². The van der Waals surface area contributed by atoms with Crippen LogP contribution in [0.15, 0.2) is 30.5 Å². The summed E-state index contributed by atoms with van der Waals surface area (Å²) in [6.45, 7) is 3.34. The van der Waals surface area contributed by atoms with Crippen molar-refractivity contribution in [2.75, 3.05) is 6.54 Å². The highest BCUT2D eigenvalue weighted by Crippen LogP contribution is 2.15. The van der Waals surface area contributed by atoms with Gasteiger partial charge in [0.05, 0.1) is 42.3 Å². The number of hydrogen-bond donors (Lipinski definition) is 12. The number of Topliss-reactive ketones (excluding diaryl/α,β-unsaturated/α-hetero) is 1. The van der Waals surface area contributed by atoms with E-state index in [2.05, 4.69) is 36.9 Å². The van der Waals surface area contributed by atoms with Gasteiger partial charge in [-0.1, -0.05) is 49.7 Å². The molecule has 2 aromatic rings. The molecule has 0 aliphatic carbocycles. The third kappa shape index (κ3) is 19.2. The van der Waals surface area contributed by atoms with Crippen molar-refractivity contribution in [3.63, 3.8) is 0 Å². The van der Waals surface area contributed by atoms with Crippen molar-refractivity contribution in [1.82, 2.24) is 41.6 Å². The van der Waals surface area contributed by atoms with Crippen molar-refractivity contribution >= 4 is 58.9 Å². The number of aliphatic carboxylic acids is 1. The fraction of sp³-hybridized carbons (Fsp3) is 0.571. The number of amidine groups is 2. The first-order valence-corrected chi connectivity index (χ1v) is 21.6. The Morgan fingerprint density at radius 2 is 1.46 bits per heavy atom. The number of carboxylic acid groups (broad SMARTS) is 1. The molecule has 2 bridgehead atoms. The van der Waals surface area contributed by atoms with E-state index >= 15 is 0 Å². The number of primary amides is 1. The highest BCUT2D eigenvalue weighted by atomic mass is 16.4. The van der Waals surface area contributed by atoms with E-state index in [9.17, 15) is 43.5 Å². The molecule has 0 saturated heterocycles. The lowest BCUT2D eigenvalue weighted by Crippen LogP contribution is -2.56. The molecular formula is C42H64N14O9. The van der Waals surface area contributed by atoms with Crippen LogP contribution in [0.3, 0.4) is 0 Å². The van der Waals surface area contributed by atoms with E-state index in [1.807, 2.05) is 13.8 Å². The van der Waals surface area contributed by atoms with Gasteiger partial charge in [-0.15, -0.1) is 5.10 Å². The Kier molecular flexibility index (Phi) is 21.1. The molecule has 23 heteroatoms. The topological polar surface area (TPSA) is 399 Å². The lowest BCUT2D eigenvalue weighted by atomic mass is 9.95. The predicted molar refractivity (Wildman–Crippen MR) is 236 cm³/mol. The molecule has 16 N–H and O–H groups in total. The average molecular weight is 909 g/mol. The quantitative estimate of drug-likeness (QED) is 0.0565. The highest BCUT2D eigenvalue weighted by molar-refractivity contribution is 5.97. The van der Waals surface area contributed by atoms with E-state index in [1.165, 1.54) is 4.68 Å². The third-order valence-corrected chi connectivity index (χ3v) is 10.5. The van der Waals surface area contributed by atoms with Gasteiger partial charge in [0.25, 0.3) is 0 Å². The number of benzene rings is 1. The molecule has 6 atom stereocenters. The Bertz CT molecular complexity index is 2020. The van der Waals surface area contributed by atoms with Crippen molar-refractivity contribution < 1.29 is 43.5 Å². The molecular weight excluding hydrogens is 845 g/mol. The fourth-order valence-electron chi connectivity index (χ4n) is 7.10. The molecule has 1 aromatic carbocycles. The molecule has 356 valence electrons. The summed E-state index contributed by atoms with van der Waals surface area (Å²) in [5.74, 6) is -8.65.